The van der Waals surface area contributed by atoms with Gasteiger partial charge in [0.2, 0.25) is 5.91 Å². The van der Waals surface area contributed by atoms with Crippen molar-refractivity contribution < 1.29 is 4.79 Å². The van der Waals surface area contributed by atoms with Gasteiger partial charge in [-0.2, -0.15) is 0 Å². The summed E-state index contributed by atoms with van der Waals surface area (Å²) in [7, 11) is 0. The van der Waals surface area contributed by atoms with Crippen molar-refractivity contribution in [2.24, 2.45) is 0 Å². The van der Waals surface area contributed by atoms with Crippen LogP contribution in [0.25, 0.3) is 0 Å². The number of carbonyl (C=O) groups excluding carboxylic acids is 1. The van der Waals surface area contributed by atoms with E-state index in [4.69, 9.17) is 5.73 Å². The van der Waals surface area contributed by atoms with E-state index < -0.39 is 0 Å². The van der Waals surface area contributed by atoms with E-state index in [0.717, 1.165) is 11.3 Å². The Morgan fingerprint density at radius 3 is 2.75 bits per heavy atom. The molecular weight excluding hydrogens is 248 g/mol. The maximum atomic E-state index is 12.2. The second kappa shape index (κ2) is 4.67. The van der Waals surface area contributed by atoms with E-state index in [9.17, 15) is 4.79 Å². The zero-order valence-electron chi connectivity index (χ0n) is 11.7. The van der Waals surface area contributed by atoms with Crippen LogP contribution in [0.3, 0.4) is 0 Å². The molecular formula is C17H18N2O. The topological polar surface area (TPSA) is 55.1 Å². The fourth-order valence-electron chi connectivity index (χ4n) is 2.87. The van der Waals surface area contributed by atoms with Crippen LogP contribution in [0.4, 0.5) is 11.4 Å². The van der Waals surface area contributed by atoms with Gasteiger partial charge in [0.1, 0.15) is 0 Å². The van der Waals surface area contributed by atoms with Gasteiger partial charge in [-0.05, 0) is 43.0 Å². The summed E-state index contributed by atoms with van der Waals surface area (Å²) >= 11 is 0. The molecule has 1 unspecified atom stereocenters. The minimum absolute atomic E-state index is 0.0397. The van der Waals surface area contributed by atoms with Gasteiger partial charge in [-0.1, -0.05) is 35.9 Å². The summed E-state index contributed by atoms with van der Waals surface area (Å²) in [4.78, 5) is 12.2. The number of nitrogens with one attached hydrogen (secondary N) is 1. The first-order valence-corrected chi connectivity index (χ1v) is 6.81. The van der Waals surface area contributed by atoms with E-state index in [1.54, 1.807) is 0 Å². The number of para-hydroxylation sites is 1. The average molecular weight is 266 g/mol. The van der Waals surface area contributed by atoms with E-state index in [0.29, 0.717) is 12.1 Å². The standard InChI is InChI=1S/C17H18N2O/c1-10-6-7-12(11(2)8-10)9-14-13-4-3-5-15(18)16(13)19-17(14)20/h3-8,14H,9,18H2,1-2H3,(H,19,20). The molecule has 0 aliphatic carbocycles. The van der Waals surface area contributed by atoms with Crippen molar-refractivity contribution in [3.8, 4) is 0 Å². The van der Waals surface area contributed by atoms with Crippen LogP contribution in [0.1, 0.15) is 28.2 Å². The number of carbonyl (C=O) groups is 1. The molecule has 1 aliphatic heterocycles. The lowest BCUT2D eigenvalue weighted by atomic mass is 9.90. The van der Waals surface area contributed by atoms with Crippen molar-refractivity contribution in [2.45, 2.75) is 26.2 Å². The van der Waals surface area contributed by atoms with Gasteiger partial charge in [0.15, 0.2) is 0 Å². The summed E-state index contributed by atoms with van der Waals surface area (Å²) in [6.07, 6.45) is 0.717. The summed E-state index contributed by atoms with van der Waals surface area (Å²) in [5, 5.41) is 2.90. The Kier molecular flexibility index (Phi) is 2.97. The van der Waals surface area contributed by atoms with Gasteiger partial charge in [0.25, 0.3) is 0 Å². The summed E-state index contributed by atoms with van der Waals surface area (Å²) in [6.45, 7) is 4.17. The molecule has 2 aromatic rings. The highest BCUT2D eigenvalue weighted by molar-refractivity contribution is 6.06. The second-order valence-corrected chi connectivity index (χ2v) is 5.49. The highest BCUT2D eigenvalue weighted by Crippen LogP contribution is 2.38. The molecule has 102 valence electrons. The Labute approximate surface area is 118 Å². The number of benzene rings is 2. The van der Waals surface area contributed by atoms with Crippen molar-refractivity contribution in [1.82, 2.24) is 0 Å². The minimum Gasteiger partial charge on any atom is -0.397 e. The molecule has 1 atom stereocenters. The molecule has 0 spiro atoms. The smallest absolute Gasteiger partial charge is 0.232 e. The second-order valence-electron chi connectivity index (χ2n) is 5.49. The van der Waals surface area contributed by atoms with Gasteiger partial charge >= 0.3 is 0 Å². The van der Waals surface area contributed by atoms with Crippen LogP contribution in [-0.2, 0) is 11.2 Å². The molecule has 20 heavy (non-hydrogen) atoms. The van der Waals surface area contributed by atoms with Crippen molar-refractivity contribution in [1.29, 1.82) is 0 Å². The first-order valence-electron chi connectivity index (χ1n) is 6.81. The summed E-state index contributed by atoms with van der Waals surface area (Å²) < 4.78 is 0. The highest BCUT2D eigenvalue weighted by atomic mass is 16.2. The first kappa shape index (κ1) is 12.7. The molecule has 0 saturated heterocycles. The lowest BCUT2D eigenvalue weighted by Gasteiger charge is -2.12. The van der Waals surface area contributed by atoms with E-state index in [1.165, 1.54) is 16.7 Å². The monoisotopic (exact) mass is 266 g/mol. The molecule has 0 bridgehead atoms. The molecule has 0 radical (unpaired) electrons. The molecule has 1 heterocycles. The lowest BCUT2D eigenvalue weighted by molar-refractivity contribution is -0.117. The Morgan fingerprint density at radius 1 is 1.20 bits per heavy atom. The largest absolute Gasteiger partial charge is 0.397 e. The SMILES string of the molecule is Cc1ccc(CC2C(=O)Nc3c(N)cccc32)c(C)c1. The molecule has 3 rings (SSSR count). The predicted octanol–water partition coefficient (Wildman–Crippen LogP) is 3.16. The van der Waals surface area contributed by atoms with Crippen molar-refractivity contribution in [3.63, 3.8) is 0 Å². The third-order valence-corrected chi connectivity index (χ3v) is 3.99. The minimum atomic E-state index is -0.144. The fourth-order valence-corrected chi connectivity index (χ4v) is 2.87. The normalized spacial score (nSPS) is 16.9. The fraction of sp³-hybridized carbons (Fsp3) is 0.235. The van der Waals surface area contributed by atoms with Gasteiger partial charge < -0.3 is 11.1 Å². The lowest BCUT2D eigenvalue weighted by Crippen LogP contribution is -2.14. The molecule has 1 amide bonds. The van der Waals surface area contributed by atoms with Gasteiger partial charge in [0, 0.05) is 0 Å². The molecule has 0 fully saturated rings. The third-order valence-electron chi connectivity index (χ3n) is 3.99. The maximum Gasteiger partial charge on any atom is 0.232 e. The number of hydrogen-bond donors (Lipinski definition) is 2. The van der Waals surface area contributed by atoms with Crippen molar-refractivity contribution in [3.05, 3.63) is 58.7 Å². The van der Waals surface area contributed by atoms with Gasteiger partial charge in [-0.15, -0.1) is 0 Å². The molecule has 0 aromatic heterocycles. The number of fused-ring (bicyclic) bond motifs is 1. The zero-order valence-corrected chi connectivity index (χ0v) is 11.7. The number of amides is 1. The van der Waals surface area contributed by atoms with Crippen LogP contribution in [0.5, 0.6) is 0 Å². The summed E-state index contributed by atoms with van der Waals surface area (Å²) in [6, 6.07) is 12.1. The Balaban J connectivity index is 1.96. The third kappa shape index (κ3) is 2.05. The number of hydrogen-bond acceptors (Lipinski definition) is 2. The Morgan fingerprint density at radius 2 is 2.00 bits per heavy atom. The predicted molar refractivity (Wildman–Crippen MR) is 81.8 cm³/mol. The van der Waals surface area contributed by atoms with Crippen molar-refractivity contribution in [2.75, 3.05) is 11.1 Å². The van der Waals surface area contributed by atoms with Crippen molar-refractivity contribution >= 4 is 17.3 Å². The molecule has 3 nitrogen and oxygen atoms in total. The first-order chi connectivity index (χ1) is 9.56. The number of aryl methyl sites for hydroxylation is 2. The number of nitrogens with two attached hydrogens (primary N) is 1. The molecule has 1 aliphatic rings. The summed E-state index contributed by atoms with van der Waals surface area (Å²) in [5.41, 5.74) is 12.0. The molecule has 0 saturated carbocycles. The van der Waals surface area contributed by atoms with Gasteiger partial charge in [-0.3, -0.25) is 4.79 Å². The molecule has 2 aromatic carbocycles. The van der Waals surface area contributed by atoms with Gasteiger partial charge in [-0.25, -0.2) is 0 Å². The molecule has 3 heteroatoms. The average Bonchev–Trinajstić information content (AvgIpc) is 2.71. The Hall–Kier alpha value is -2.29. The Bertz CT molecular complexity index is 691. The zero-order chi connectivity index (χ0) is 14.3. The van der Waals surface area contributed by atoms with Crippen LogP contribution in [0.15, 0.2) is 36.4 Å². The number of anilines is 2. The van der Waals surface area contributed by atoms with E-state index >= 15 is 0 Å². The van der Waals surface area contributed by atoms with E-state index in [-0.39, 0.29) is 11.8 Å². The van der Waals surface area contributed by atoms with Crippen LogP contribution < -0.4 is 11.1 Å². The van der Waals surface area contributed by atoms with Crippen LogP contribution in [-0.4, -0.2) is 5.91 Å². The van der Waals surface area contributed by atoms with Crippen LogP contribution in [0, 0.1) is 13.8 Å². The number of nitrogen functional groups attached to an aromatic ring is 1. The number of rotatable bonds is 2. The molecule has 3 N–H and O–H groups in total. The summed E-state index contributed by atoms with van der Waals surface area (Å²) in [5.74, 6) is -0.104. The van der Waals surface area contributed by atoms with Gasteiger partial charge in [0.05, 0.1) is 17.3 Å². The quantitative estimate of drug-likeness (QED) is 0.820. The van der Waals surface area contributed by atoms with Crippen LogP contribution >= 0.6 is 0 Å². The maximum absolute atomic E-state index is 12.2. The van der Waals surface area contributed by atoms with E-state index in [2.05, 4.69) is 37.4 Å². The highest BCUT2D eigenvalue weighted by Gasteiger charge is 2.31. The van der Waals surface area contributed by atoms with Crippen LogP contribution in [0.2, 0.25) is 0 Å². The van der Waals surface area contributed by atoms with E-state index in [1.807, 2.05) is 18.2 Å².